The number of fused-ring (bicyclic) bond motifs is 1. The minimum Gasteiger partial charge on any atom is -0.492 e. The standard InChI is InChI=1S/C16H12FNO2/c17-13-3-4-15-14(9-13)16(19)12(5-7-20-15)8-11-2-1-6-18-10-11/h1-4,6,8-10H,5,7H2/b12-8-. The average Bonchev–Trinajstić information content (AvgIpc) is 2.61. The first-order chi connectivity index (χ1) is 9.74. The van der Waals surface area contributed by atoms with E-state index in [1.165, 1.54) is 18.2 Å². The Morgan fingerprint density at radius 2 is 2.20 bits per heavy atom. The van der Waals surface area contributed by atoms with Gasteiger partial charge in [0, 0.05) is 24.4 Å². The highest BCUT2D eigenvalue weighted by Gasteiger charge is 2.21. The fourth-order valence-corrected chi connectivity index (χ4v) is 2.16. The monoisotopic (exact) mass is 269 g/mol. The van der Waals surface area contributed by atoms with Crippen molar-refractivity contribution in [1.29, 1.82) is 0 Å². The van der Waals surface area contributed by atoms with Gasteiger partial charge in [-0.2, -0.15) is 0 Å². The van der Waals surface area contributed by atoms with Crippen molar-refractivity contribution in [3.63, 3.8) is 0 Å². The lowest BCUT2D eigenvalue weighted by molar-refractivity contribution is 0.103. The molecule has 100 valence electrons. The van der Waals surface area contributed by atoms with Crippen LogP contribution >= 0.6 is 0 Å². The molecule has 1 aliphatic rings. The van der Waals surface area contributed by atoms with Gasteiger partial charge in [-0.05, 0) is 35.9 Å². The van der Waals surface area contributed by atoms with Crippen LogP contribution in [0.3, 0.4) is 0 Å². The lowest BCUT2D eigenvalue weighted by Crippen LogP contribution is -2.02. The molecule has 3 rings (SSSR count). The minimum atomic E-state index is -0.441. The predicted molar refractivity (Wildman–Crippen MR) is 73.1 cm³/mol. The molecule has 2 aromatic rings. The second-order valence-corrected chi connectivity index (χ2v) is 4.52. The number of aromatic nitrogens is 1. The molecule has 4 heteroatoms. The molecule has 0 unspecified atom stereocenters. The van der Waals surface area contributed by atoms with Crippen molar-refractivity contribution >= 4 is 11.9 Å². The van der Waals surface area contributed by atoms with Gasteiger partial charge in [-0.1, -0.05) is 6.07 Å². The predicted octanol–water partition coefficient (Wildman–Crippen LogP) is 3.27. The molecule has 0 bridgehead atoms. The van der Waals surface area contributed by atoms with Crippen LogP contribution in [0.15, 0.2) is 48.3 Å². The highest BCUT2D eigenvalue weighted by molar-refractivity contribution is 6.13. The maximum absolute atomic E-state index is 13.3. The average molecular weight is 269 g/mol. The summed E-state index contributed by atoms with van der Waals surface area (Å²) < 4.78 is 18.8. The molecule has 0 amide bonds. The third kappa shape index (κ3) is 2.45. The first kappa shape index (κ1) is 12.5. The topological polar surface area (TPSA) is 39.2 Å². The molecule has 1 aromatic carbocycles. The van der Waals surface area contributed by atoms with Crippen LogP contribution in [0, 0.1) is 5.82 Å². The summed E-state index contributed by atoms with van der Waals surface area (Å²) in [6.07, 6.45) is 5.62. The largest absolute Gasteiger partial charge is 0.492 e. The van der Waals surface area contributed by atoms with Gasteiger partial charge in [-0.25, -0.2) is 4.39 Å². The second kappa shape index (κ2) is 5.25. The Bertz CT molecular complexity index is 680. The fourth-order valence-electron chi connectivity index (χ4n) is 2.16. The molecule has 0 radical (unpaired) electrons. The molecular formula is C16H12FNO2. The van der Waals surface area contributed by atoms with E-state index in [4.69, 9.17) is 4.74 Å². The third-order valence-electron chi connectivity index (χ3n) is 3.13. The van der Waals surface area contributed by atoms with E-state index in [9.17, 15) is 9.18 Å². The quantitative estimate of drug-likeness (QED) is 0.746. The Morgan fingerprint density at radius 3 is 3.00 bits per heavy atom. The van der Waals surface area contributed by atoms with Gasteiger partial charge in [0.15, 0.2) is 5.78 Å². The zero-order valence-corrected chi connectivity index (χ0v) is 10.7. The van der Waals surface area contributed by atoms with Gasteiger partial charge >= 0.3 is 0 Å². The summed E-state index contributed by atoms with van der Waals surface area (Å²) in [5.74, 6) is -0.199. The number of ether oxygens (including phenoxy) is 1. The summed E-state index contributed by atoms with van der Waals surface area (Å²) in [6, 6.07) is 7.68. The van der Waals surface area contributed by atoms with E-state index < -0.39 is 5.82 Å². The first-order valence-electron chi connectivity index (χ1n) is 6.32. The molecule has 0 N–H and O–H groups in total. The van der Waals surface area contributed by atoms with Gasteiger partial charge in [-0.3, -0.25) is 9.78 Å². The summed E-state index contributed by atoms with van der Waals surface area (Å²) in [7, 11) is 0. The van der Waals surface area contributed by atoms with E-state index in [-0.39, 0.29) is 11.3 Å². The number of carbonyl (C=O) groups excluding carboxylic acids is 1. The van der Waals surface area contributed by atoms with Crippen molar-refractivity contribution in [2.45, 2.75) is 6.42 Å². The smallest absolute Gasteiger partial charge is 0.192 e. The van der Waals surface area contributed by atoms with Crippen LogP contribution in [0.2, 0.25) is 0 Å². The van der Waals surface area contributed by atoms with Gasteiger partial charge in [0.25, 0.3) is 0 Å². The number of benzene rings is 1. The molecule has 0 saturated heterocycles. The molecule has 0 aliphatic carbocycles. The molecule has 0 atom stereocenters. The van der Waals surface area contributed by atoms with Gasteiger partial charge in [0.1, 0.15) is 11.6 Å². The Labute approximate surface area is 115 Å². The van der Waals surface area contributed by atoms with Crippen LogP contribution < -0.4 is 4.74 Å². The number of hydrogen-bond donors (Lipinski definition) is 0. The first-order valence-corrected chi connectivity index (χ1v) is 6.32. The number of Topliss-reactive ketones (excluding diaryl/α,β-unsaturated/α-hetero) is 1. The van der Waals surface area contributed by atoms with E-state index in [1.54, 1.807) is 24.5 Å². The van der Waals surface area contributed by atoms with E-state index in [1.807, 2.05) is 6.07 Å². The molecule has 1 aliphatic heterocycles. The maximum Gasteiger partial charge on any atom is 0.192 e. The summed E-state index contributed by atoms with van der Waals surface area (Å²) in [4.78, 5) is 16.5. The highest BCUT2D eigenvalue weighted by Crippen LogP contribution is 2.28. The zero-order chi connectivity index (χ0) is 13.9. The number of pyridine rings is 1. The van der Waals surface area contributed by atoms with E-state index in [0.29, 0.717) is 24.4 Å². The second-order valence-electron chi connectivity index (χ2n) is 4.52. The maximum atomic E-state index is 13.3. The lowest BCUT2D eigenvalue weighted by Gasteiger charge is -2.04. The highest BCUT2D eigenvalue weighted by atomic mass is 19.1. The number of ketones is 1. The molecule has 20 heavy (non-hydrogen) atoms. The summed E-state index contributed by atoms with van der Waals surface area (Å²) >= 11 is 0. The SMILES string of the molecule is O=C1/C(=C\c2cccnc2)CCOc2ccc(F)cc21. The Kier molecular flexibility index (Phi) is 3.29. The van der Waals surface area contributed by atoms with Gasteiger partial charge in [0.05, 0.1) is 12.2 Å². The van der Waals surface area contributed by atoms with Crippen LogP contribution in [0.4, 0.5) is 4.39 Å². The Morgan fingerprint density at radius 1 is 1.30 bits per heavy atom. The van der Waals surface area contributed by atoms with Crippen molar-refractivity contribution in [1.82, 2.24) is 4.98 Å². The normalized spacial score (nSPS) is 16.4. The summed E-state index contributed by atoms with van der Waals surface area (Å²) in [5, 5.41) is 0. The molecule has 1 aromatic heterocycles. The number of carbonyl (C=O) groups is 1. The van der Waals surface area contributed by atoms with Crippen LogP contribution in [-0.2, 0) is 0 Å². The third-order valence-corrected chi connectivity index (χ3v) is 3.13. The molecule has 2 heterocycles. The van der Waals surface area contributed by atoms with Gasteiger partial charge in [0.2, 0.25) is 0 Å². The molecule has 0 spiro atoms. The molecular weight excluding hydrogens is 257 g/mol. The molecule has 0 saturated carbocycles. The summed E-state index contributed by atoms with van der Waals surface area (Å²) in [6.45, 7) is 0.399. The van der Waals surface area contributed by atoms with Gasteiger partial charge in [-0.15, -0.1) is 0 Å². The van der Waals surface area contributed by atoms with Crippen LogP contribution in [-0.4, -0.2) is 17.4 Å². The van der Waals surface area contributed by atoms with Crippen molar-refractivity contribution in [2.24, 2.45) is 0 Å². The van der Waals surface area contributed by atoms with Crippen LogP contribution in [0.1, 0.15) is 22.3 Å². The van der Waals surface area contributed by atoms with Crippen molar-refractivity contribution in [2.75, 3.05) is 6.61 Å². The fraction of sp³-hybridized carbons (Fsp3) is 0.125. The van der Waals surface area contributed by atoms with Crippen LogP contribution in [0.25, 0.3) is 6.08 Å². The number of hydrogen-bond acceptors (Lipinski definition) is 3. The van der Waals surface area contributed by atoms with E-state index >= 15 is 0 Å². The molecule has 3 nitrogen and oxygen atoms in total. The number of nitrogens with zero attached hydrogens (tertiary/aromatic N) is 1. The van der Waals surface area contributed by atoms with Crippen LogP contribution in [0.5, 0.6) is 5.75 Å². The van der Waals surface area contributed by atoms with Crippen molar-refractivity contribution in [3.05, 3.63) is 65.2 Å². The van der Waals surface area contributed by atoms with Gasteiger partial charge < -0.3 is 4.74 Å². The minimum absolute atomic E-state index is 0.194. The van der Waals surface area contributed by atoms with Crippen molar-refractivity contribution in [3.8, 4) is 5.75 Å². The van der Waals surface area contributed by atoms with Crippen molar-refractivity contribution < 1.29 is 13.9 Å². The van der Waals surface area contributed by atoms with E-state index in [2.05, 4.69) is 4.98 Å². The lowest BCUT2D eigenvalue weighted by atomic mass is 9.99. The summed E-state index contributed by atoms with van der Waals surface area (Å²) in [5.41, 5.74) is 1.72. The van der Waals surface area contributed by atoms with E-state index in [0.717, 1.165) is 5.56 Å². The number of rotatable bonds is 1. The molecule has 0 fully saturated rings. The number of halogens is 1. The zero-order valence-electron chi connectivity index (χ0n) is 10.7. The Balaban J connectivity index is 2.03. The Hall–Kier alpha value is -2.49.